The van der Waals surface area contributed by atoms with Crippen molar-refractivity contribution in [1.29, 1.82) is 0 Å². The monoisotopic (exact) mass is 346 g/mol. The first-order chi connectivity index (χ1) is 10.2. The average Bonchev–Trinajstić information content (AvgIpc) is 2.65. The first-order valence-electron chi connectivity index (χ1n) is 6.73. The van der Waals surface area contributed by atoms with Crippen molar-refractivity contribution in [3.63, 3.8) is 0 Å². The second-order valence-electron chi connectivity index (χ2n) is 4.98. The zero-order valence-corrected chi connectivity index (χ0v) is 13.2. The standard InChI is InChI=1S/C17H15BrO3/c1-20-16(19)9-11-6-7-15-14(8-11)17(18)13-5-3-2-4-12(13)10-21-15/h2-8,17H,9-10H2,1H3/t17-/m1/s1. The Morgan fingerprint density at radius 2 is 2.10 bits per heavy atom. The number of alkyl halides is 1. The third-order valence-electron chi connectivity index (χ3n) is 3.63. The van der Waals surface area contributed by atoms with Gasteiger partial charge in [0, 0.05) is 5.56 Å². The summed E-state index contributed by atoms with van der Waals surface area (Å²) >= 11 is 3.76. The highest BCUT2D eigenvalue weighted by molar-refractivity contribution is 9.09. The molecule has 0 saturated carbocycles. The lowest BCUT2D eigenvalue weighted by Crippen LogP contribution is -2.05. The van der Waals surface area contributed by atoms with E-state index in [0.29, 0.717) is 6.61 Å². The third kappa shape index (κ3) is 2.81. The number of ether oxygens (including phenoxy) is 2. The smallest absolute Gasteiger partial charge is 0.309 e. The van der Waals surface area contributed by atoms with Crippen molar-refractivity contribution in [3.05, 3.63) is 64.7 Å². The van der Waals surface area contributed by atoms with Crippen LogP contribution in [-0.2, 0) is 22.6 Å². The van der Waals surface area contributed by atoms with Crippen molar-refractivity contribution < 1.29 is 14.3 Å². The summed E-state index contributed by atoms with van der Waals surface area (Å²) in [6.45, 7) is 0.557. The van der Waals surface area contributed by atoms with Gasteiger partial charge in [0.2, 0.25) is 0 Å². The van der Waals surface area contributed by atoms with Crippen molar-refractivity contribution >= 4 is 21.9 Å². The molecule has 0 amide bonds. The van der Waals surface area contributed by atoms with Crippen LogP contribution in [-0.4, -0.2) is 13.1 Å². The molecule has 1 atom stereocenters. The fourth-order valence-corrected chi connectivity index (χ4v) is 3.32. The van der Waals surface area contributed by atoms with E-state index < -0.39 is 0 Å². The predicted molar refractivity (Wildman–Crippen MR) is 83.7 cm³/mol. The van der Waals surface area contributed by atoms with E-state index in [9.17, 15) is 4.79 Å². The molecule has 0 spiro atoms. The van der Waals surface area contributed by atoms with E-state index in [-0.39, 0.29) is 17.2 Å². The minimum absolute atomic E-state index is 0.0591. The number of halogens is 1. The summed E-state index contributed by atoms with van der Waals surface area (Å²) in [5, 5.41) is 0. The second-order valence-corrected chi connectivity index (χ2v) is 5.89. The molecule has 0 unspecified atom stereocenters. The molecule has 3 rings (SSSR count). The fourth-order valence-electron chi connectivity index (χ4n) is 2.51. The topological polar surface area (TPSA) is 35.5 Å². The van der Waals surface area contributed by atoms with Crippen LogP contribution >= 0.6 is 15.9 Å². The van der Waals surface area contributed by atoms with E-state index in [2.05, 4.69) is 28.1 Å². The molecule has 0 aromatic heterocycles. The van der Waals surface area contributed by atoms with E-state index in [1.54, 1.807) is 0 Å². The fraction of sp³-hybridized carbons (Fsp3) is 0.235. The van der Waals surface area contributed by atoms with Crippen LogP contribution in [0.5, 0.6) is 5.75 Å². The summed E-state index contributed by atoms with van der Waals surface area (Å²) in [5.41, 5.74) is 4.34. The third-order valence-corrected chi connectivity index (χ3v) is 4.62. The lowest BCUT2D eigenvalue weighted by Gasteiger charge is -2.13. The number of carbonyl (C=O) groups is 1. The van der Waals surface area contributed by atoms with Gasteiger partial charge >= 0.3 is 5.97 Å². The number of fused-ring (bicyclic) bond motifs is 2. The minimum Gasteiger partial charge on any atom is -0.489 e. The molecule has 0 fully saturated rings. The summed E-state index contributed by atoms with van der Waals surface area (Å²) in [6, 6.07) is 14.1. The van der Waals surface area contributed by atoms with Crippen molar-refractivity contribution in [1.82, 2.24) is 0 Å². The maximum Gasteiger partial charge on any atom is 0.309 e. The van der Waals surface area contributed by atoms with E-state index in [4.69, 9.17) is 9.47 Å². The van der Waals surface area contributed by atoms with Crippen LogP contribution in [0, 0.1) is 0 Å². The van der Waals surface area contributed by atoms with Crippen LogP contribution in [0.1, 0.15) is 27.1 Å². The Balaban J connectivity index is 2.00. The van der Waals surface area contributed by atoms with Gasteiger partial charge < -0.3 is 9.47 Å². The van der Waals surface area contributed by atoms with Crippen LogP contribution < -0.4 is 4.74 Å². The lowest BCUT2D eigenvalue weighted by atomic mass is 9.98. The molecular formula is C17H15BrO3. The van der Waals surface area contributed by atoms with Gasteiger partial charge in [-0.05, 0) is 22.8 Å². The Morgan fingerprint density at radius 1 is 1.29 bits per heavy atom. The Labute approximate surface area is 132 Å². The van der Waals surface area contributed by atoms with Gasteiger partial charge in [-0.2, -0.15) is 0 Å². The van der Waals surface area contributed by atoms with E-state index >= 15 is 0 Å². The summed E-state index contributed by atoms with van der Waals surface area (Å²) in [5.74, 6) is 0.609. The van der Waals surface area contributed by atoms with Gasteiger partial charge in [0.15, 0.2) is 0 Å². The highest BCUT2D eigenvalue weighted by atomic mass is 79.9. The Bertz CT molecular complexity index is 681. The van der Waals surface area contributed by atoms with E-state index in [0.717, 1.165) is 16.9 Å². The molecule has 4 heteroatoms. The minimum atomic E-state index is -0.240. The molecular weight excluding hydrogens is 332 g/mol. The number of rotatable bonds is 2. The summed E-state index contributed by atoms with van der Waals surface area (Å²) in [6.07, 6.45) is 0.269. The molecule has 2 aromatic rings. The number of hydrogen-bond acceptors (Lipinski definition) is 3. The van der Waals surface area contributed by atoms with E-state index in [1.807, 2.05) is 30.3 Å². The van der Waals surface area contributed by atoms with Crippen LogP contribution in [0.15, 0.2) is 42.5 Å². The molecule has 21 heavy (non-hydrogen) atoms. The number of esters is 1. The largest absolute Gasteiger partial charge is 0.489 e. The molecule has 1 aliphatic heterocycles. The van der Waals surface area contributed by atoms with Crippen LogP contribution in [0.4, 0.5) is 0 Å². The van der Waals surface area contributed by atoms with Gasteiger partial charge in [0.1, 0.15) is 12.4 Å². The van der Waals surface area contributed by atoms with Gasteiger partial charge in [0.25, 0.3) is 0 Å². The quantitative estimate of drug-likeness (QED) is 0.613. The summed E-state index contributed by atoms with van der Waals surface area (Å²) in [7, 11) is 1.40. The van der Waals surface area contributed by atoms with Crippen molar-refractivity contribution in [2.75, 3.05) is 7.11 Å². The molecule has 0 aliphatic carbocycles. The Kier molecular flexibility index (Phi) is 3.97. The van der Waals surface area contributed by atoms with Gasteiger partial charge in [-0.25, -0.2) is 0 Å². The Morgan fingerprint density at radius 3 is 2.90 bits per heavy atom. The Hall–Kier alpha value is -1.81. The maximum absolute atomic E-state index is 11.4. The molecule has 0 radical (unpaired) electrons. The summed E-state index contributed by atoms with van der Waals surface area (Å²) in [4.78, 5) is 11.5. The molecule has 0 N–H and O–H groups in total. The number of carbonyl (C=O) groups excluding carboxylic acids is 1. The first kappa shape index (κ1) is 14.1. The van der Waals surface area contributed by atoms with Gasteiger partial charge in [-0.3, -0.25) is 4.79 Å². The molecule has 3 nitrogen and oxygen atoms in total. The highest BCUT2D eigenvalue weighted by Crippen LogP contribution is 2.41. The zero-order valence-electron chi connectivity index (χ0n) is 11.6. The molecule has 0 saturated heterocycles. The van der Waals surface area contributed by atoms with Gasteiger partial charge in [-0.15, -0.1) is 0 Å². The lowest BCUT2D eigenvalue weighted by molar-refractivity contribution is -0.139. The van der Waals surface area contributed by atoms with E-state index in [1.165, 1.54) is 18.2 Å². The van der Waals surface area contributed by atoms with Crippen molar-refractivity contribution in [2.24, 2.45) is 0 Å². The summed E-state index contributed by atoms with van der Waals surface area (Å²) < 4.78 is 10.6. The molecule has 1 aliphatic rings. The van der Waals surface area contributed by atoms with Gasteiger partial charge in [-0.1, -0.05) is 52.3 Å². The first-order valence-corrected chi connectivity index (χ1v) is 7.65. The normalized spacial score (nSPS) is 16.2. The van der Waals surface area contributed by atoms with Crippen molar-refractivity contribution in [3.8, 4) is 5.75 Å². The zero-order chi connectivity index (χ0) is 14.8. The molecule has 108 valence electrons. The highest BCUT2D eigenvalue weighted by Gasteiger charge is 2.22. The number of benzene rings is 2. The van der Waals surface area contributed by atoms with Crippen LogP contribution in [0.25, 0.3) is 0 Å². The molecule has 1 heterocycles. The predicted octanol–water partition coefficient (Wildman–Crippen LogP) is 3.78. The average molecular weight is 347 g/mol. The second kappa shape index (κ2) is 5.90. The maximum atomic E-state index is 11.4. The number of hydrogen-bond donors (Lipinski definition) is 0. The van der Waals surface area contributed by atoms with Crippen molar-refractivity contribution in [2.45, 2.75) is 17.9 Å². The van der Waals surface area contributed by atoms with Crippen LogP contribution in [0.3, 0.4) is 0 Å². The number of methoxy groups -OCH3 is 1. The SMILES string of the molecule is COC(=O)Cc1ccc2c(c1)[C@H](Br)c1ccccc1CO2. The van der Waals surface area contributed by atoms with Crippen LogP contribution in [0.2, 0.25) is 0 Å². The van der Waals surface area contributed by atoms with Gasteiger partial charge in [0.05, 0.1) is 18.4 Å². The molecule has 2 aromatic carbocycles. The molecule has 0 bridgehead atoms.